The van der Waals surface area contributed by atoms with Crippen molar-refractivity contribution in [2.75, 3.05) is 6.61 Å². The molecule has 2 aromatic rings. The van der Waals surface area contributed by atoms with Crippen molar-refractivity contribution in [3.05, 3.63) is 50.4 Å². The zero-order valence-corrected chi connectivity index (χ0v) is 12.0. The number of ketones is 1. The molecule has 0 aliphatic rings. The first-order chi connectivity index (χ1) is 8.56. The number of rotatable bonds is 4. The number of hydrogen-bond donors (Lipinski definition) is 0. The van der Waals surface area contributed by atoms with Crippen molar-refractivity contribution in [3.8, 4) is 5.75 Å². The third kappa shape index (κ3) is 3.17. The molecule has 0 N–H and O–H groups in total. The summed E-state index contributed by atoms with van der Waals surface area (Å²) in [5.74, 6) is -0.0877. The van der Waals surface area contributed by atoms with Gasteiger partial charge in [-0.1, -0.05) is 6.07 Å². The van der Waals surface area contributed by atoms with Crippen molar-refractivity contribution in [3.63, 3.8) is 0 Å². The third-order valence-corrected chi connectivity index (χ3v) is 4.02. The Morgan fingerprint density at radius 1 is 1.39 bits per heavy atom. The van der Waals surface area contributed by atoms with E-state index in [1.165, 1.54) is 23.5 Å². The van der Waals surface area contributed by atoms with Gasteiger partial charge in [-0.3, -0.25) is 4.79 Å². The van der Waals surface area contributed by atoms with Gasteiger partial charge in [0.05, 0.1) is 8.66 Å². The Labute approximate surface area is 117 Å². The molecule has 0 unspecified atom stereocenters. The van der Waals surface area contributed by atoms with Crippen LogP contribution in [0.1, 0.15) is 15.2 Å². The van der Waals surface area contributed by atoms with Crippen LogP contribution in [0.4, 0.5) is 4.39 Å². The number of carbonyl (C=O) groups excluding carboxylic acids is 1. The summed E-state index contributed by atoms with van der Waals surface area (Å²) >= 11 is 4.64. The van der Waals surface area contributed by atoms with Gasteiger partial charge in [-0.05, 0) is 46.6 Å². The van der Waals surface area contributed by atoms with Gasteiger partial charge in [0.25, 0.3) is 0 Å². The van der Waals surface area contributed by atoms with Crippen LogP contribution in [0.3, 0.4) is 0 Å². The fraction of sp³-hybridized carbons (Fsp3) is 0.154. The average Bonchev–Trinajstić information content (AvgIpc) is 2.77. The van der Waals surface area contributed by atoms with E-state index in [-0.39, 0.29) is 18.2 Å². The van der Waals surface area contributed by atoms with E-state index in [0.717, 1.165) is 9.35 Å². The fourth-order valence-corrected chi connectivity index (χ4v) is 2.72. The highest BCUT2D eigenvalue weighted by Gasteiger charge is 2.10. The Hall–Kier alpha value is -1.20. The van der Waals surface area contributed by atoms with Gasteiger partial charge >= 0.3 is 0 Å². The van der Waals surface area contributed by atoms with Crippen molar-refractivity contribution >= 4 is 33.0 Å². The van der Waals surface area contributed by atoms with E-state index < -0.39 is 0 Å². The largest absolute Gasteiger partial charge is 0.485 e. The standard InChI is InChI=1S/C13H10BrFO2S/c1-8-2-3-9(15)6-11(8)17-7-10(16)12-4-5-13(14)18-12/h2-6H,7H2,1H3. The molecule has 2 rings (SSSR count). The highest BCUT2D eigenvalue weighted by Crippen LogP contribution is 2.23. The molecule has 0 amide bonds. The minimum absolute atomic E-state index is 0.0861. The number of halogens is 2. The highest BCUT2D eigenvalue weighted by molar-refractivity contribution is 9.11. The fourth-order valence-electron chi connectivity index (χ4n) is 1.41. The molecule has 0 radical (unpaired) electrons. The second kappa shape index (κ2) is 5.63. The summed E-state index contributed by atoms with van der Waals surface area (Å²) in [5.41, 5.74) is 0.802. The van der Waals surface area contributed by atoms with Gasteiger partial charge in [-0.25, -0.2) is 4.39 Å². The molecule has 0 bridgehead atoms. The quantitative estimate of drug-likeness (QED) is 0.785. The Bertz CT molecular complexity index is 580. The predicted molar refractivity (Wildman–Crippen MR) is 73.0 cm³/mol. The van der Waals surface area contributed by atoms with Crippen LogP contribution in [-0.2, 0) is 0 Å². The lowest BCUT2D eigenvalue weighted by atomic mass is 10.2. The molecule has 18 heavy (non-hydrogen) atoms. The number of Topliss-reactive ketones (excluding diaryl/α,β-unsaturated/α-hetero) is 1. The van der Waals surface area contributed by atoms with Gasteiger partial charge in [-0.15, -0.1) is 11.3 Å². The molecule has 0 aliphatic heterocycles. The first kappa shape index (κ1) is 13.2. The number of thiophene rings is 1. The van der Waals surface area contributed by atoms with Gasteiger partial charge in [-0.2, -0.15) is 0 Å². The third-order valence-electron chi connectivity index (χ3n) is 2.36. The van der Waals surface area contributed by atoms with Crippen molar-refractivity contribution in [1.29, 1.82) is 0 Å². The Morgan fingerprint density at radius 2 is 2.17 bits per heavy atom. The minimum atomic E-state index is -0.373. The second-order valence-electron chi connectivity index (χ2n) is 3.73. The van der Waals surface area contributed by atoms with Crippen LogP contribution >= 0.6 is 27.3 Å². The zero-order valence-electron chi connectivity index (χ0n) is 9.57. The van der Waals surface area contributed by atoms with Gasteiger partial charge in [0, 0.05) is 6.07 Å². The Kier molecular flexibility index (Phi) is 4.14. The summed E-state index contributed by atoms with van der Waals surface area (Å²) < 4.78 is 19.3. The van der Waals surface area contributed by atoms with Gasteiger partial charge in [0.1, 0.15) is 11.6 Å². The maximum Gasteiger partial charge on any atom is 0.210 e. The van der Waals surface area contributed by atoms with Crippen LogP contribution < -0.4 is 4.74 Å². The van der Waals surface area contributed by atoms with E-state index in [2.05, 4.69) is 15.9 Å². The number of aryl methyl sites for hydroxylation is 1. The molecular weight excluding hydrogens is 319 g/mol. The van der Waals surface area contributed by atoms with Gasteiger partial charge in [0.15, 0.2) is 6.61 Å². The number of hydrogen-bond acceptors (Lipinski definition) is 3. The second-order valence-corrected chi connectivity index (χ2v) is 6.19. The lowest BCUT2D eigenvalue weighted by Crippen LogP contribution is -2.10. The zero-order chi connectivity index (χ0) is 13.1. The van der Waals surface area contributed by atoms with Crippen molar-refractivity contribution in [2.24, 2.45) is 0 Å². The van der Waals surface area contributed by atoms with Crippen molar-refractivity contribution < 1.29 is 13.9 Å². The Balaban J connectivity index is 2.03. The van der Waals surface area contributed by atoms with Crippen LogP contribution in [0, 0.1) is 12.7 Å². The van der Waals surface area contributed by atoms with E-state index in [1.807, 2.05) is 6.07 Å². The summed E-state index contributed by atoms with van der Waals surface area (Å²) in [6.07, 6.45) is 0. The van der Waals surface area contributed by atoms with Crippen LogP contribution in [0.25, 0.3) is 0 Å². The summed E-state index contributed by atoms with van der Waals surface area (Å²) in [6.45, 7) is 1.72. The van der Waals surface area contributed by atoms with E-state index in [0.29, 0.717) is 10.6 Å². The maximum absolute atomic E-state index is 13.0. The number of ether oxygens (including phenoxy) is 1. The van der Waals surface area contributed by atoms with Crippen LogP contribution in [-0.4, -0.2) is 12.4 Å². The molecule has 5 heteroatoms. The van der Waals surface area contributed by atoms with E-state index >= 15 is 0 Å². The summed E-state index contributed by atoms with van der Waals surface area (Å²) in [4.78, 5) is 12.4. The van der Waals surface area contributed by atoms with Gasteiger partial charge < -0.3 is 4.74 Å². The monoisotopic (exact) mass is 328 g/mol. The summed E-state index contributed by atoms with van der Waals surface area (Å²) in [5, 5.41) is 0. The van der Waals surface area contributed by atoms with E-state index in [1.54, 1.807) is 19.1 Å². The maximum atomic E-state index is 13.0. The van der Waals surface area contributed by atoms with E-state index in [4.69, 9.17) is 4.74 Å². The van der Waals surface area contributed by atoms with Crippen molar-refractivity contribution in [1.82, 2.24) is 0 Å². The minimum Gasteiger partial charge on any atom is -0.485 e. The molecule has 0 fully saturated rings. The Morgan fingerprint density at radius 3 is 2.83 bits per heavy atom. The molecule has 0 atom stereocenters. The molecule has 0 saturated carbocycles. The summed E-state index contributed by atoms with van der Waals surface area (Å²) in [7, 11) is 0. The van der Waals surface area contributed by atoms with Gasteiger partial charge in [0.2, 0.25) is 5.78 Å². The molecular formula is C13H10BrFO2S. The number of carbonyl (C=O) groups is 1. The van der Waals surface area contributed by atoms with Crippen LogP contribution in [0.15, 0.2) is 34.1 Å². The van der Waals surface area contributed by atoms with Crippen molar-refractivity contribution in [2.45, 2.75) is 6.92 Å². The van der Waals surface area contributed by atoms with Crippen LogP contribution in [0.5, 0.6) is 5.75 Å². The molecule has 1 aromatic heterocycles. The predicted octanol–water partition coefficient (Wildman–Crippen LogP) is 4.22. The molecule has 0 aliphatic carbocycles. The topological polar surface area (TPSA) is 26.3 Å². The molecule has 2 nitrogen and oxygen atoms in total. The SMILES string of the molecule is Cc1ccc(F)cc1OCC(=O)c1ccc(Br)s1. The molecule has 0 saturated heterocycles. The average molecular weight is 329 g/mol. The molecule has 94 valence electrons. The lowest BCUT2D eigenvalue weighted by molar-refractivity contribution is 0.0925. The normalized spacial score (nSPS) is 10.4. The van der Waals surface area contributed by atoms with E-state index in [9.17, 15) is 9.18 Å². The molecule has 1 aromatic carbocycles. The molecule has 0 spiro atoms. The lowest BCUT2D eigenvalue weighted by Gasteiger charge is -2.07. The summed E-state index contributed by atoms with van der Waals surface area (Å²) in [6, 6.07) is 7.81. The number of benzene rings is 1. The van der Waals surface area contributed by atoms with Crippen LogP contribution in [0.2, 0.25) is 0 Å². The smallest absolute Gasteiger partial charge is 0.210 e. The highest BCUT2D eigenvalue weighted by atomic mass is 79.9. The molecule has 1 heterocycles. The first-order valence-corrected chi connectivity index (χ1v) is 6.84. The first-order valence-electron chi connectivity index (χ1n) is 5.24.